The summed E-state index contributed by atoms with van der Waals surface area (Å²) in [6, 6.07) is 2.26. The van der Waals surface area contributed by atoms with Gasteiger partial charge in [0.2, 0.25) is 0 Å². The highest BCUT2D eigenvalue weighted by molar-refractivity contribution is 5.46. The summed E-state index contributed by atoms with van der Waals surface area (Å²) in [6.45, 7) is 11.1. The number of likely N-dealkylation sites (tertiary alicyclic amines) is 1. The number of hydrogen-bond acceptors (Lipinski definition) is 4. The van der Waals surface area contributed by atoms with Crippen LogP contribution in [0.15, 0.2) is 12.3 Å². The Hall–Kier alpha value is -1.13. The highest BCUT2D eigenvalue weighted by atomic mass is 15.2. The van der Waals surface area contributed by atoms with Crippen LogP contribution in [0.5, 0.6) is 0 Å². The van der Waals surface area contributed by atoms with E-state index in [0.29, 0.717) is 0 Å². The van der Waals surface area contributed by atoms with Crippen molar-refractivity contribution in [3.05, 3.63) is 23.4 Å². The molecule has 0 bridgehead atoms. The summed E-state index contributed by atoms with van der Waals surface area (Å²) in [5.74, 6) is 1.12. The predicted octanol–water partition coefficient (Wildman–Crippen LogP) is 2.42. The lowest BCUT2D eigenvalue weighted by Gasteiger charge is -2.23. The molecule has 2 heterocycles. The molecule has 0 atom stereocenters. The van der Waals surface area contributed by atoms with Crippen molar-refractivity contribution < 1.29 is 0 Å². The van der Waals surface area contributed by atoms with Crippen molar-refractivity contribution in [2.45, 2.75) is 39.7 Å². The highest BCUT2D eigenvalue weighted by Gasteiger charge is 2.13. The Bertz CT molecular complexity index is 427. The zero-order chi connectivity index (χ0) is 15.1. The van der Waals surface area contributed by atoms with Gasteiger partial charge in [0.15, 0.2) is 0 Å². The molecule has 0 radical (unpaired) electrons. The van der Waals surface area contributed by atoms with Crippen molar-refractivity contribution in [3.63, 3.8) is 0 Å². The molecule has 1 fully saturated rings. The molecule has 0 amide bonds. The molecule has 1 aliphatic heterocycles. The number of likely N-dealkylation sites (N-methyl/N-ethyl adjacent to an activating group) is 1. The molecule has 1 aromatic rings. The first-order chi connectivity index (χ1) is 10.2. The molecule has 4 heteroatoms. The van der Waals surface area contributed by atoms with Gasteiger partial charge in [-0.3, -0.25) is 0 Å². The number of aromatic nitrogens is 1. The van der Waals surface area contributed by atoms with Gasteiger partial charge < -0.3 is 15.1 Å². The molecule has 1 aliphatic rings. The molecule has 1 saturated heterocycles. The van der Waals surface area contributed by atoms with Crippen molar-refractivity contribution in [3.8, 4) is 0 Å². The van der Waals surface area contributed by atoms with Crippen LogP contribution in [0.3, 0.4) is 0 Å². The molecule has 4 nitrogen and oxygen atoms in total. The molecule has 0 aromatic carbocycles. The maximum absolute atomic E-state index is 4.67. The Balaban J connectivity index is 1.86. The fraction of sp³-hybridized carbons (Fsp3) is 0.706. The zero-order valence-electron chi connectivity index (χ0n) is 13.9. The second kappa shape index (κ2) is 8.35. The van der Waals surface area contributed by atoms with Crippen LogP contribution in [0.25, 0.3) is 0 Å². The summed E-state index contributed by atoms with van der Waals surface area (Å²) >= 11 is 0. The molecule has 1 N–H and O–H groups in total. The van der Waals surface area contributed by atoms with Crippen LogP contribution >= 0.6 is 0 Å². The minimum absolute atomic E-state index is 0.916. The fourth-order valence-corrected chi connectivity index (χ4v) is 2.94. The molecule has 2 rings (SSSR count). The average Bonchev–Trinajstić information content (AvgIpc) is 2.98. The standard InChI is InChI=1S/C17H30N4/c1-4-7-18-13-16-12-15(2)17(19-14-16)20(3)10-11-21-8-5-6-9-21/h12,14,18H,4-11,13H2,1-3H3. The summed E-state index contributed by atoms with van der Waals surface area (Å²) in [4.78, 5) is 9.51. The van der Waals surface area contributed by atoms with E-state index in [4.69, 9.17) is 0 Å². The summed E-state index contributed by atoms with van der Waals surface area (Å²) in [6.07, 6.45) is 5.90. The van der Waals surface area contributed by atoms with Crippen LogP contribution in [0.4, 0.5) is 5.82 Å². The molecule has 1 aromatic heterocycles. The van der Waals surface area contributed by atoms with Crippen molar-refractivity contribution in [2.24, 2.45) is 0 Å². The number of hydrogen-bond donors (Lipinski definition) is 1. The monoisotopic (exact) mass is 290 g/mol. The molecule has 21 heavy (non-hydrogen) atoms. The third-order valence-corrected chi connectivity index (χ3v) is 4.18. The predicted molar refractivity (Wildman–Crippen MR) is 89.9 cm³/mol. The van der Waals surface area contributed by atoms with E-state index < -0.39 is 0 Å². The van der Waals surface area contributed by atoms with E-state index in [9.17, 15) is 0 Å². The SMILES string of the molecule is CCCNCc1cnc(N(C)CCN2CCCC2)c(C)c1. The van der Waals surface area contributed by atoms with Crippen molar-refractivity contribution in [1.29, 1.82) is 0 Å². The maximum atomic E-state index is 4.67. The van der Waals surface area contributed by atoms with Gasteiger partial charge in [-0.15, -0.1) is 0 Å². The summed E-state index contributed by atoms with van der Waals surface area (Å²) in [5.41, 5.74) is 2.55. The number of nitrogens with one attached hydrogen (secondary N) is 1. The van der Waals surface area contributed by atoms with E-state index in [1.165, 1.54) is 43.5 Å². The van der Waals surface area contributed by atoms with E-state index in [1.54, 1.807) is 0 Å². The van der Waals surface area contributed by atoms with Crippen LogP contribution in [0, 0.1) is 6.92 Å². The van der Waals surface area contributed by atoms with Gasteiger partial charge in [-0.25, -0.2) is 4.98 Å². The third-order valence-electron chi connectivity index (χ3n) is 4.18. The van der Waals surface area contributed by atoms with Crippen LogP contribution in [-0.2, 0) is 6.54 Å². The zero-order valence-corrected chi connectivity index (χ0v) is 13.9. The minimum Gasteiger partial charge on any atom is -0.358 e. The second-order valence-electron chi connectivity index (χ2n) is 6.13. The molecule has 0 spiro atoms. The molecule has 118 valence electrons. The second-order valence-corrected chi connectivity index (χ2v) is 6.13. The Morgan fingerprint density at radius 1 is 1.33 bits per heavy atom. The van der Waals surface area contributed by atoms with E-state index in [1.807, 2.05) is 6.20 Å². The van der Waals surface area contributed by atoms with Gasteiger partial charge in [0, 0.05) is 32.9 Å². The Morgan fingerprint density at radius 2 is 2.10 bits per heavy atom. The van der Waals surface area contributed by atoms with Gasteiger partial charge in [-0.05, 0) is 63.0 Å². The summed E-state index contributed by atoms with van der Waals surface area (Å²) in [5, 5.41) is 3.43. The van der Waals surface area contributed by atoms with Gasteiger partial charge in [0.1, 0.15) is 5.82 Å². The number of rotatable bonds is 8. The maximum Gasteiger partial charge on any atom is 0.131 e. The average molecular weight is 290 g/mol. The van der Waals surface area contributed by atoms with Crippen LogP contribution in [-0.4, -0.2) is 49.7 Å². The van der Waals surface area contributed by atoms with E-state index in [-0.39, 0.29) is 0 Å². The van der Waals surface area contributed by atoms with E-state index >= 15 is 0 Å². The first-order valence-corrected chi connectivity index (χ1v) is 8.30. The number of anilines is 1. The lowest BCUT2D eigenvalue weighted by atomic mass is 10.2. The minimum atomic E-state index is 0.916. The first-order valence-electron chi connectivity index (χ1n) is 8.30. The van der Waals surface area contributed by atoms with Gasteiger partial charge in [-0.1, -0.05) is 6.92 Å². The van der Waals surface area contributed by atoms with Crippen molar-refractivity contribution >= 4 is 5.82 Å². The first kappa shape index (κ1) is 16.2. The van der Waals surface area contributed by atoms with Crippen molar-refractivity contribution in [1.82, 2.24) is 15.2 Å². The molecular weight excluding hydrogens is 260 g/mol. The lowest BCUT2D eigenvalue weighted by Crippen LogP contribution is -2.32. The van der Waals surface area contributed by atoms with E-state index in [2.05, 4.69) is 47.1 Å². The molecular formula is C17H30N4. The fourth-order valence-electron chi connectivity index (χ4n) is 2.94. The largest absolute Gasteiger partial charge is 0.358 e. The smallest absolute Gasteiger partial charge is 0.131 e. The topological polar surface area (TPSA) is 31.4 Å². The Kier molecular flexibility index (Phi) is 6.46. The Labute approximate surface area is 129 Å². The van der Waals surface area contributed by atoms with Crippen LogP contribution in [0.1, 0.15) is 37.3 Å². The molecule has 0 aliphatic carbocycles. The van der Waals surface area contributed by atoms with Gasteiger partial charge in [0.05, 0.1) is 0 Å². The van der Waals surface area contributed by atoms with Crippen molar-refractivity contribution in [2.75, 3.05) is 44.7 Å². The Morgan fingerprint density at radius 3 is 2.76 bits per heavy atom. The normalized spacial score (nSPS) is 15.6. The van der Waals surface area contributed by atoms with E-state index in [0.717, 1.165) is 32.0 Å². The van der Waals surface area contributed by atoms with Gasteiger partial charge >= 0.3 is 0 Å². The van der Waals surface area contributed by atoms with Gasteiger partial charge in [-0.2, -0.15) is 0 Å². The summed E-state index contributed by atoms with van der Waals surface area (Å²) in [7, 11) is 2.15. The highest BCUT2D eigenvalue weighted by Crippen LogP contribution is 2.17. The lowest BCUT2D eigenvalue weighted by molar-refractivity contribution is 0.346. The molecule has 0 unspecified atom stereocenters. The van der Waals surface area contributed by atoms with Crippen LogP contribution < -0.4 is 10.2 Å². The molecule has 0 saturated carbocycles. The third kappa shape index (κ3) is 4.97. The number of nitrogens with zero attached hydrogens (tertiary/aromatic N) is 3. The summed E-state index contributed by atoms with van der Waals surface area (Å²) < 4.78 is 0. The van der Waals surface area contributed by atoms with Crippen LogP contribution in [0.2, 0.25) is 0 Å². The quantitative estimate of drug-likeness (QED) is 0.745. The van der Waals surface area contributed by atoms with Gasteiger partial charge in [0.25, 0.3) is 0 Å². The number of aryl methyl sites for hydroxylation is 1. The number of pyridine rings is 1.